The number of hydrogen-bond donors (Lipinski definition) is 4. The minimum absolute atomic E-state index is 0.626. The zero-order chi connectivity index (χ0) is 22.8. The second-order valence-electron chi connectivity index (χ2n) is 6.39. The van der Waals surface area contributed by atoms with Crippen LogP contribution in [0.3, 0.4) is 0 Å². The number of methoxy groups -OCH3 is 3. The molecule has 0 unspecified atom stereocenters. The van der Waals surface area contributed by atoms with Crippen LogP contribution in [0.2, 0.25) is 0 Å². The molecular weight excluding hydrogens is 404 g/mol. The molecule has 0 aliphatic heterocycles. The summed E-state index contributed by atoms with van der Waals surface area (Å²) in [6.45, 7) is 1.57. The van der Waals surface area contributed by atoms with Gasteiger partial charge in [0.25, 0.3) is 0 Å². The van der Waals surface area contributed by atoms with Gasteiger partial charge in [-0.15, -0.1) is 0 Å². The topological polar surface area (TPSA) is 130 Å². The summed E-state index contributed by atoms with van der Waals surface area (Å²) < 4.78 is 16.3. The van der Waals surface area contributed by atoms with Gasteiger partial charge in [0.05, 0.1) is 21.3 Å². The molecule has 166 valence electrons. The van der Waals surface area contributed by atoms with Crippen molar-refractivity contribution in [2.45, 2.75) is 13.0 Å². The lowest BCUT2D eigenvalue weighted by molar-refractivity contribution is -0.159. The van der Waals surface area contributed by atoms with Gasteiger partial charge in [0, 0.05) is 29.2 Å². The molecule has 0 saturated carbocycles. The predicted octanol–water partition coefficient (Wildman–Crippen LogP) is 2.68. The Morgan fingerprint density at radius 2 is 1.58 bits per heavy atom. The van der Waals surface area contributed by atoms with E-state index < -0.39 is 11.9 Å². The van der Waals surface area contributed by atoms with E-state index in [1.165, 1.54) is 16.5 Å². The summed E-state index contributed by atoms with van der Waals surface area (Å²) >= 11 is 0. The number of ether oxygens (including phenoxy) is 3. The Hall–Kier alpha value is -3.72. The first-order valence-corrected chi connectivity index (χ1v) is 9.42. The zero-order valence-electron chi connectivity index (χ0n) is 17.6. The molecule has 1 heterocycles. The number of aromatic amines is 1. The third kappa shape index (κ3) is 6.13. The maximum atomic E-state index is 9.10. The van der Waals surface area contributed by atoms with Crippen LogP contribution in [0.5, 0.6) is 17.2 Å². The third-order valence-electron chi connectivity index (χ3n) is 4.53. The molecular formula is C22H26N2O7. The molecule has 0 bridgehead atoms. The van der Waals surface area contributed by atoms with Gasteiger partial charge in [-0.25, -0.2) is 9.59 Å². The van der Waals surface area contributed by atoms with Crippen molar-refractivity contribution in [3.8, 4) is 17.2 Å². The molecule has 0 aliphatic rings. The van der Waals surface area contributed by atoms with E-state index in [-0.39, 0.29) is 0 Å². The number of fused-ring (bicyclic) bond motifs is 1. The number of carboxylic acids is 2. The number of para-hydroxylation sites is 1. The van der Waals surface area contributed by atoms with Gasteiger partial charge in [-0.05, 0) is 30.7 Å². The lowest BCUT2D eigenvalue weighted by atomic mass is 10.1. The monoisotopic (exact) mass is 430 g/mol. The van der Waals surface area contributed by atoms with Crippen LogP contribution in [-0.2, 0) is 22.6 Å². The van der Waals surface area contributed by atoms with Crippen molar-refractivity contribution in [1.82, 2.24) is 10.3 Å². The zero-order valence-corrected chi connectivity index (χ0v) is 17.6. The number of H-pyrrole nitrogens is 1. The van der Waals surface area contributed by atoms with Gasteiger partial charge in [0.1, 0.15) is 0 Å². The quantitative estimate of drug-likeness (QED) is 0.317. The lowest BCUT2D eigenvalue weighted by Crippen LogP contribution is -2.17. The van der Waals surface area contributed by atoms with Crippen LogP contribution in [0.1, 0.15) is 11.1 Å². The molecule has 0 saturated heterocycles. The van der Waals surface area contributed by atoms with Crippen molar-refractivity contribution in [2.24, 2.45) is 0 Å². The largest absolute Gasteiger partial charge is 0.493 e. The molecule has 0 radical (unpaired) electrons. The van der Waals surface area contributed by atoms with E-state index in [1.54, 1.807) is 21.3 Å². The number of carboxylic acid groups (broad SMARTS) is 2. The number of rotatable bonds is 8. The second-order valence-corrected chi connectivity index (χ2v) is 6.39. The molecule has 9 heteroatoms. The highest BCUT2D eigenvalue weighted by atomic mass is 16.5. The maximum Gasteiger partial charge on any atom is 0.414 e. The highest BCUT2D eigenvalue weighted by Crippen LogP contribution is 2.39. The van der Waals surface area contributed by atoms with Gasteiger partial charge in [-0.1, -0.05) is 24.3 Å². The van der Waals surface area contributed by atoms with E-state index in [9.17, 15) is 0 Å². The highest BCUT2D eigenvalue weighted by molar-refractivity contribution is 6.27. The van der Waals surface area contributed by atoms with E-state index >= 15 is 0 Å². The minimum atomic E-state index is -1.82. The van der Waals surface area contributed by atoms with Crippen molar-refractivity contribution in [3.63, 3.8) is 0 Å². The normalized spacial score (nSPS) is 10.2. The molecule has 2 aromatic carbocycles. The summed E-state index contributed by atoms with van der Waals surface area (Å²) in [7, 11) is 4.89. The fourth-order valence-electron chi connectivity index (χ4n) is 3.09. The molecule has 1 aromatic heterocycles. The number of aliphatic carboxylic acids is 2. The Morgan fingerprint density at radius 1 is 0.903 bits per heavy atom. The number of benzene rings is 2. The van der Waals surface area contributed by atoms with E-state index in [0.717, 1.165) is 18.5 Å². The molecule has 9 nitrogen and oxygen atoms in total. The van der Waals surface area contributed by atoms with E-state index in [1.807, 2.05) is 18.2 Å². The molecule has 31 heavy (non-hydrogen) atoms. The maximum absolute atomic E-state index is 9.10. The second kappa shape index (κ2) is 11.5. The first-order valence-electron chi connectivity index (χ1n) is 9.42. The van der Waals surface area contributed by atoms with Gasteiger partial charge >= 0.3 is 11.9 Å². The fourth-order valence-corrected chi connectivity index (χ4v) is 3.09. The van der Waals surface area contributed by atoms with Crippen molar-refractivity contribution in [2.75, 3.05) is 27.9 Å². The van der Waals surface area contributed by atoms with E-state index in [4.69, 9.17) is 34.0 Å². The number of carbonyl (C=O) groups is 2. The first kappa shape index (κ1) is 23.6. The SMILES string of the molecule is COc1ccc(CNCCc2c[nH]c3ccccc23)c(OC)c1OC.O=C(O)C(=O)O. The predicted molar refractivity (Wildman–Crippen MR) is 115 cm³/mol. The van der Waals surface area contributed by atoms with Crippen LogP contribution in [0.15, 0.2) is 42.6 Å². The highest BCUT2D eigenvalue weighted by Gasteiger charge is 2.15. The standard InChI is InChI=1S/C20H24N2O3.C2H2O4/c1-23-18-9-8-15(19(24-2)20(18)25-3)12-21-11-10-14-13-22-17-7-5-4-6-16(14)17;3-1(4)2(5)6/h4-9,13,21-22H,10-12H2,1-3H3;(H,3,4)(H,5,6). The summed E-state index contributed by atoms with van der Waals surface area (Å²) in [5.41, 5.74) is 3.54. The van der Waals surface area contributed by atoms with Crippen LogP contribution >= 0.6 is 0 Å². The molecule has 3 aromatic rings. The Kier molecular flexibility index (Phi) is 8.71. The Balaban J connectivity index is 0.000000501. The average molecular weight is 430 g/mol. The van der Waals surface area contributed by atoms with Crippen molar-refractivity contribution >= 4 is 22.8 Å². The Labute approximate surface area is 179 Å². The lowest BCUT2D eigenvalue weighted by Gasteiger charge is -2.16. The molecule has 0 aliphatic carbocycles. The van der Waals surface area contributed by atoms with Crippen LogP contribution in [-0.4, -0.2) is 55.0 Å². The summed E-state index contributed by atoms with van der Waals surface area (Å²) in [6.07, 6.45) is 3.04. The Bertz CT molecular complexity index is 1020. The van der Waals surface area contributed by atoms with E-state index in [0.29, 0.717) is 23.8 Å². The molecule has 0 atom stereocenters. The summed E-state index contributed by atoms with van der Waals surface area (Å²) in [4.78, 5) is 21.5. The van der Waals surface area contributed by atoms with Crippen LogP contribution in [0.25, 0.3) is 10.9 Å². The average Bonchev–Trinajstić information content (AvgIpc) is 3.19. The minimum Gasteiger partial charge on any atom is -0.493 e. The fraction of sp³-hybridized carbons (Fsp3) is 0.273. The van der Waals surface area contributed by atoms with Gasteiger partial charge in [0.2, 0.25) is 5.75 Å². The molecule has 0 spiro atoms. The van der Waals surface area contributed by atoms with Crippen LogP contribution < -0.4 is 19.5 Å². The number of hydrogen-bond acceptors (Lipinski definition) is 6. The summed E-state index contributed by atoms with van der Waals surface area (Å²) in [5, 5.41) is 19.5. The van der Waals surface area contributed by atoms with Gasteiger partial charge in [-0.2, -0.15) is 0 Å². The number of aromatic nitrogens is 1. The van der Waals surface area contributed by atoms with Crippen LogP contribution in [0, 0.1) is 0 Å². The smallest absolute Gasteiger partial charge is 0.414 e. The van der Waals surface area contributed by atoms with Crippen molar-refractivity contribution in [1.29, 1.82) is 0 Å². The summed E-state index contributed by atoms with van der Waals surface area (Å²) in [5.74, 6) is -1.64. The van der Waals surface area contributed by atoms with Crippen molar-refractivity contribution in [3.05, 3.63) is 53.7 Å². The number of nitrogens with one attached hydrogen (secondary N) is 2. The molecule has 0 amide bonds. The van der Waals surface area contributed by atoms with Gasteiger partial charge in [-0.3, -0.25) is 0 Å². The van der Waals surface area contributed by atoms with E-state index in [2.05, 4.69) is 34.7 Å². The molecule has 3 rings (SSSR count). The summed E-state index contributed by atoms with van der Waals surface area (Å²) in [6, 6.07) is 12.3. The van der Waals surface area contributed by atoms with Crippen LogP contribution in [0.4, 0.5) is 0 Å². The van der Waals surface area contributed by atoms with Crippen molar-refractivity contribution < 1.29 is 34.0 Å². The first-order chi connectivity index (χ1) is 14.9. The molecule has 4 N–H and O–H groups in total. The van der Waals surface area contributed by atoms with Gasteiger partial charge < -0.3 is 34.7 Å². The Morgan fingerprint density at radius 3 is 2.19 bits per heavy atom. The third-order valence-corrected chi connectivity index (χ3v) is 4.53. The van der Waals surface area contributed by atoms with Gasteiger partial charge in [0.15, 0.2) is 11.5 Å². The molecule has 0 fully saturated rings.